The molecule has 1 aromatic heterocycles. The molecule has 1 heterocycles. The number of carbonyl (C=O) groups is 1. The fourth-order valence-electron chi connectivity index (χ4n) is 1.07. The number of nitrogens with zero attached hydrogens (tertiary/aromatic N) is 4. The van der Waals surface area contributed by atoms with E-state index in [0.717, 1.165) is 6.42 Å². The molecule has 0 atom stereocenters. The third-order valence-electron chi connectivity index (χ3n) is 1.81. The largest absolute Gasteiger partial charge is 0.448 e. The summed E-state index contributed by atoms with van der Waals surface area (Å²) in [5.41, 5.74) is -0.294. The Kier molecular flexibility index (Phi) is 4.42. The second-order valence-electron chi connectivity index (χ2n) is 4.67. The molecule has 1 aromatic rings. The summed E-state index contributed by atoms with van der Waals surface area (Å²) in [7, 11) is 0. The van der Waals surface area contributed by atoms with Crippen LogP contribution >= 0.6 is 0 Å². The first-order valence-corrected chi connectivity index (χ1v) is 5.62. The van der Waals surface area contributed by atoms with Crippen molar-refractivity contribution in [1.29, 1.82) is 0 Å². The first kappa shape index (κ1) is 13.4. The predicted octanol–water partition coefficient (Wildman–Crippen LogP) is 0.760. The molecule has 0 aliphatic carbocycles. The Hall–Kier alpha value is -1.66. The highest BCUT2D eigenvalue weighted by molar-refractivity contribution is 5.67. The van der Waals surface area contributed by atoms with Gasteiger partial charge in [0.1, 0.15) is 6.61 Å². The summed E-state index contributed by atoms with van der Waals surface area (Å²) in [6.45, 7) is 8.25. The van der Waals surface area contributed by atoms with Gasteiger partial charge in [0.2, 0.25) is 0 Å². The van der Waals surface area contributed by atoms with Crippen LogP contribution in [0.15, 0.2) is 0 Å². The average Bonchev–Trinajstić information content (AvgIpc) is 2.63. The number of hydrogen-bond donors (Lipinski definition) is 1. The molecular formula is C10H19N5O2. The van der Waals surface area contributed by atoms with E-state index in [1.54, 1.807) is 0 Å². The quantitative estimate of drug-likeness (QED) is 0.841. The van der Waals surface area contributed by atoms with Crippen molar-refractivity contribution in [3.63, 3.8) is 0 Å². The first-order valence-electron chi connectivity index (χ1n) is 5.62. The van der Waals surface area contributed by atoms with Crippen molar-refractivity contribution in [2.75, 3.05) is 6.61 Å². The molecule has 0 saturated carbocycles. The molecule has 0 fully saturated rings. The van der Waals surface area contributed by atoms with E-state index in [1.165, 1.54) is 4.80 Å². The molecule has 1 amide bonds. The SMILES string of the molecule is CCc1nnn(CCOC(=O)NC(C)(C)C)n1. The van der Waals surface area contributed by atoms with Crippen molar-refractivity contribution in [2.24, 2.45) is 0 Å². The van der Waals surface area contributed by atoms with Crippen molar-refractivity contribution >= 4 is 6.09 Å². The van der Waals surface area contributed by atoms with Crippen LogP contribution in [-0.4, -0.2) is 38.4 Å². The van der Waals surface area contributed by atoms with Gasteiger partial charge in [-0.3, -0.25) is 0 Å². The maximum Gasteiger partial charge on any atom is 0.407 e. The zero-order valence-electron chi connectivity index (χ0n) is 10.7. The maximum atomic E-state index is 11.3. The van der Waals surface area contributed by atoms with Crippen LogP contribution in [0.5, 0.6) is 0 Å². The molecule has 0 radical (unpaired) electrons. The van der Waals surface area contributed by atoms with E-state index in [4.69, 9.17) is 4.74 Å². The van der Waals surface area contributed by atoms with E-state index in [1.807, 2.05) is 27.7 Å². The molecule has 0 bridgehead atoms. The Balaban J connectivity index is 2.26. The number of tetrazole rings is 1. The lowest BCUT2D eigenvalue weighted by atomic mass is 10.1. The molecular weight excluding hydrogens is 222 g/mol. The van der Waals surface area contributed by atoms with Crippen molar-refractivity contribution < 1.29 is 9.53 Å². The minimum absolute atomic E-state index is 0.224. The number of aromatic nitrogens is 4. The second-order valence-corrected chi connectivity index (χ2v) is 4.67. The molecule has 1 rings (SSSR count). The standard InChI is InChI=1S/C10H19N5O2/c1-5-8-12-14-15(13-8)6-7-17-9(16)11-10(2,3)4/h5-7H2,1-4H3,(H,11,16). The lowest BCUT2D eigenvalue weighted by molar-refractivity contribution is 0.130. The predicted molar refractivity (Wildman–Crippen MR) is 61.4 cm³/mol. The van der Waals surface area contributed by atoms with Crippen molar-refractivity contribution in [3.05, 3.63) is 5.82 Å². The van der Waals surface area contributed by atoms with E-state index in [0.29, 0.717) is 12.4 Å². The molecule has 0 spiro atoms. The number of aryl methyl sites for hydroxylation is 1. The topological polar surface area (TPSA) is 81.9 Å². The molecule has 7 nitrogen and oxygen atoms in total. The number of nitrogens with one attached hydrogen (secondary N) is 1. The minimum Gasteiger partial charge on any atom is -0.448 e. The van der Waals surface area contributed by atoms with Crippen LogP contribution in [-0.2, 0) is 17.7 Å². The zero-order valence-corrected chi connectivity index (χ0v) is 10.7. The van der Waals surface area contributed by atoms with Crippen molar-refractivity contribution in [1.82, 2.24) is 25.5 Å². The Labute approximate surface area is 101 Å². The fourth-order valence-corrected chi connectivity index (χ4v) is 1.07. The summed E-state index contributed by atoms with van der Waals surface area (Å²) >= 11 is 0. The molecule has 0 aromatic carbocycles. The van der Waals surface area contributed by atoms with Crippen LogP contribution in [0.3, 0.4) is 0 Å². The average molecular weight is 241 g/mol. The summed E-state index contributed by atoms with van der Waals surface area (Å²) in [4.78, 5) is 12.7. The monoisotopic (exact) mass is 241 g/mol. The summed E-state index contributed by atoms with van der Waals surface area (Å²) in [5.74, 6) is 0.684. The van der Waals surface area contributed by atoms with Gasteiger partial charge in [0.05, 0.1) is 6.54 Å². The van der Waals surface area contributed by atoms with E-state index in [9.17, 15) is 4.79 Å². The highest BCUT2D eigenvalue weighted by atomic mass is 16.5. The highest BCUT2D eigenvalue weighted by Crippen LogP contribution is 1.98. The van der Waals surface area contributed by atoms with Gasteiger partial charge in [-0.25, -0.2) is 4.79 Å². The van der Waals surface area contributed by atoms with Crippen LogP contribution in [0.1, 0.15) is 33.5 Å². The second kappa shape index (κ2) is 5.60. The smallest absolute Gasteiger partial charge is 0.407 e. The molecule has 0 saturated heterocycles. The van der Waals surface area contributed by atoms with Gasteiger partial charge < -0.3 is 10.1 Å². The first-order chi connectivity index (χ1) is 7.90. The van der Waals surface area contributed by atoms with Gasteiger partial charge in [-0.1, -0.05) is 6.92 Å². The van der Waals surface area contributed by atoms with Gasteiger partial charge in [0, 0.05) is 12.0 Å². The van der Waals surface area contributed by atoms with Gasteiger partial charge in [0.25, 0.3) is 0 Å². The van der Waals surface area contributed by atoms with Crippen molar-refractivity contribution in [3.8, 4) is 0 Å². The van der Waals surface area contributed by atoms with Crippen LogP contribution in [0.2, 0.25) is 0 Å². The Morgan fingerprint density at radius 3 is 2.71 bits per heavy atom. The van der Waals surface area contributed by atoms with Gasteiger partial charge in [-0.2, -0.15) is 4.80 Å². The molecule has 0 unspecified atom stereocenters. The number of hydrogen-bond acceptors (Lipinski definition) is 5. The summed E-state index contributed by atoms with van der Waals surface area (Å²) in [5, 5.41) is 14.4. The number of alkyl carbamates (subject to hydrolysis) is 1. The third-order valence-corrected chi connectivity index (χ3v) is 1.81. The Morgan fingerprint density at radius 2 is 2.18 bits per heavy atom. The van der Waals surface area contributed by atoms with E-state index >= 15 is 0 Å². The van der Waals surface area contributed by atoms with Gasteiger partial charge in [-0.05, 0) is 26.0 Å². The number of ether oxygens (including phenoxy) is 1. The van der Waals surface area contributed by atoms with Gasteiger partial charge in [-0.15, -0.1) is 10.2 Å². The molecule has 17 heavy (non-hydrogen) atoms. The summed E-state index contributed by atoms with van der Waals surface area (Å²) in [6.07, 6.45) is 0.305. The number of rotatable bonds is 4. The number of carbonyl (C=O) groups excluding carboxylic acids is 1. The van der Waals surface area contributed by atoms with Gasteiger partial charge >= 0.3 is 6.09 Å². The molecule has 96 valence electrons. The lowest BCUT2D eigenvalue weighted by Crippen LogP contribution is -2.41. The highest BCUT2D eigenvalue weighted by Gasteiger charge is 2.14. The lowest BCUT2D eigenvalue weighted by Gasteiger charge is -2.19. The summed E-state index contributed by atoms with van der Waals surface area (Å²) in [6, 6.07) is 0. The van der Waals surface area contributed by atoms with E-state index < -0.39 is 6.09 Å². The number of amides is 1. The fraction of sp³-hybridized carbons (Fsp3) is 0.800. The van der Waals surface area contributed by atoms with Crippen LogP contribution in [0.25, 0.3) is 0 Å². The van der Waals surface area contributed by atoms with Gasteiger partial charge in [0.15, 0.2) is 5.82 Å². The Bertz CT molecular complexity index is 369. The van der Waals surface area contributed by atoms with Crippen LogP contribution in [0, 0.1) is 0 Å². The Morgan fingerprint density at radius 1 is 1.47 bits per heavy atom. The van der Waals surface area contributed by atoms with Crippen LogP contribution in [0.4, 0.5) is 4.79 Å². The third kappa shape index (κ3) is 5.28. The molecule has 0 aliphatic heterocycles. The van der Waals surface area contributed by atoms with Crippen LogP contribution < -0.4 is 5.32 Å². The molecule has 0 aliphatic rings. The zero-order chi connectivity index (χ0) is 12.9. The normalized spacial score (nSPS) is 11.3. The van der Waals surface area contributed by atoms with E-state index in [2.05, 4.69) is 20.7 Å². The maximum absolute atomic E-state index is 11.3. The van der Waals surface area contributed by atoms with Crippen molar-refractivity contribution in [2.45, 2.75) is 46.2 Å². The van der Waals surface area contributed by atoms with E-state index in [-0.39, 0.29) is 12.1 Å². The minimum atomic E-state index is -0.437. The summed E-state index contributed by atoms with van der Waals surface area (Å²) < 4.78 is 4.99. The molecule has 7 heteroatoms. The molecule has 1 N–H and O–H groups in total.